The molecule has 146 valence electrons. The zero-order chi connectivity index (χ0) is 19.1. The lowest BCUT2D eigenvalue weighted by Crippen LogP contribution is -2.46. The number of morpholine rings is 1. The highest BCUT2D eigenvalue weighted by atomic mass is 32.2. The van der Waals surface area contributed by atoms with E-state index in [9.17, 15) is 4.21 Å². The lowest BCUT2D eigenvalue weighted by Gasteiger charge is -2.34. The third-order valence-corrected chi connectivity index (χ3v) is 5.47. The predicted molar refractivity (Wildman–Crippen MR) is 112 cm³/mol. The summed E-state index contributed by atoms with van der Waals surface area (Å²) in [7, 11) is -1.01. The molecule has 5 nitrogen and oxygen atoms in total. The molecule has 1 aliphatic rings. The second kappa shape index (κ2) is 9.99. The van der Waals surface area contributed by atoms with Crippen LogP contribution in [-0.4, -0.2) is 42.8 Å². The van der Waals surface area contributed by atoms with E-state index in [1.165, 1.54) is 11.3 Å². The molecule has 0 amide bonds. The fourth-order valence-corrected chi connectivity index (χ4v) is 3.97. The van der Waals surface area contributed by atoms with Crippen molar-refractivity contribution in [3.63, 3.8) is 0 Å². The van der Waals surface area contributed by atoms with Crippen LogP contribution in [0.15, 0.2) is 54.6 Å². The van der Waals surface area contributed by atoms with Gasteiger partial charge in [0, 0.05) is 44.2 Å². The molecule has 0 aliphatic carbocycles. The molecular weight excluding hydrogens is 358 g/mol. The zero-order valence-electron chi connectivity index (χ0n) is 16.1. The summed E-state index contributed by atoms with van der Waals surface area (Å²) in [6, 6.07) is 19.0. The molecular formula is C21H29N3O2S. The standard InChI is InChI=1S/C21H29N3O2S/c1-17(23-27(2)25)19-10-8-18(9-11-19)14-22-15-21-16-24(12-13-26-21)20-6-4-3-5-7-20/h3-11,17,21-23H,12-16H2,1-2H3. The number of benzene rings is 2. The van der Waals surface area contributed by atoms with Crippen LogP contribution in [-0.2, 0) is 22.3 Å². The van der Waals surface area contributed by atoms with Crippen molar-refractivity contribution < 1.29 is 8.95 Å². The highest BCUT2D eigenvalue weighted by molar-refractivity contribution is 7.82. The van der Waals surface area contributed by atoms with Gasteiger partial charge in [-0.15, -0.1) is 0 Å². The number of hydrogen-bond acceptors (Lipinski definition) is 4. The van der Waals surface area contributed by atoms with Gasteiger partial charge in [0.15, 0.2) is 0 Å². The maximum Gasteiger partial charge on any atom is 0.0889 e. The summed E-state index contributed by atoms with van der Waals surface area (Å²) < 4.78 is 20.2. The van der Waals surface area contributed by atoms with Crippen LogP contribution in [0.4, 0.5) is 5.69 Å². The van der Waals surface area contributed by atoms with Crippen molar-refractivity contribution in [1.82, 2.24) is 10.0 Å². The third-order valence-electron chi connectivity index (χ3n) is 4.78. The first kappa shape index (κ1) is 20.0. The van der Waals surface area contributed by atoms with E-state index < -0.39 is 11.0 Å². The molecule has 0 spiro atoms. The Morgan fingerprint density at radius 2 is 1.93 bits per heavy atom. The Bertz CT molecular complexity index is 724. The van der Waals surface area contributed by atoms with Crippen LogP contribution >= 0.6 is 0 Å². The Labute approximate surface area is 164 Å². The molecule has 27 heavy (non-hydrogen) atoms. The van der Waals surface area contributed by atoms with Crippen LogP contribution in [0, 0.1) is 0 Å². The number of hydrogen-bond donors (Lipinski definition) is 2. The molecule has 2 N–H and O–H groups in total. The molecule has 1 heterocycles. The molecule has 1 aliphatic heterocycles. The quantitative estimate of drug-likeness (QED) is 0.731. The van der Waals surface area contributed by atoms with Crippen molar-refractivity contribution in [2.24, 2.45) is 0 Å². The lowest BCUT2D eigenvalue weighted by atomic mass is 10.1. The molecule has 0 aromatic heterocycles. The topological polar surface area (TPSA) is 53.6 Å². The van der Waals surface area contributed by atoms with E-state index in [0.717, 1.165) is 38.3 Å². The van der Waals surface area contributed by atoms with Gasteiger partial charge in [0.1, 0.15) is 0 Å². The largest absolute Gasteiger partial charge is 0.373 e. The van der Waals surface area contributed by atoms with Crippen molar-refractivity contribution in [2.75, 3.05) is 37.4 Å². The molecule has 6 heteroatoms. The number of nitrogens with zero attached hydrogens (tertiary/aromatic N) is 1. The maximum absolute atomic E-state index is 11.3. The van der Waals surface area contributed by atoms with Crippen LogP contribution < -0.4 is 14.9 Å². The molecule has 3 rings (SSSR count). The van der Waals surface area contributed by atoms with Gasteiger partial charge in [-0.05, 0) is 30.2 Å². The maximum atomic E-state index is 11.3. The number of ether oxygens (including phenoxy) is 1. The highest BCUT2D eigenvalue weighted by Gasteiger charge is 2.20. The van der Waals surface area contributed by atoms with Gasteiger partial charge in [0.2, 0.25) is 0 Å². The zero-order valence-corrected chi connectivity index (χ0v) is 16.9. The highest BCUT2D eigenvalue weighted by Crippen LogP contribution is 2.17. The third kappa shape index (κ3) is 6.14. The second-order valence-electron chi connectivity index (χ2n) is 6.94. The molecule has 3 atom stereocenters. The van der Waals surface area contributed by atoms with Crippen LogP contribution in [0.25, 0.3) is 0 Å². The fraction of sp³-hybridized carbons (Fsp3) is 0.429. The van der Waals surface area contributed by atoms with Gasteiger partial charge in [0.05, 0.1) is 23.7 Å². The first-order valence-electron chi connectivity index (χ1n) is 9.42. The average molecular weight is 388 g/mol. The molecule has 0 radical (unpaired) electrons. The Morgan fingerprint density at radius 1 is 1.19 bits per heavy atom. The van der Waals surface area contributed by atoms with E-state index in [1.54, 1.807) is 6.26 Å². The van der Waals surface area contributed by atoms with Crippen molar-refractivity contribution in [2.45, 2.75) is 25.6 Å². The fourth-order valence-electron chi connectivity index (χ4n) is 3.33. The smallest absolute Gasteiger partial charge is 0.0889 e. The monoisotopic (exact) mass is 387 g/mol. The molecule has 2 aromatic rings. The van der Waals surface area contributed by atoms with E-state index in [0.29, 0.717) is 0 Å². The minimum absolute atomic E-state index is 0.0810. The van der Waals surface area contributed by atoms with E-state index in [-0.39, 0.29) is 12.1 Å². The van der Waals surface area contributed by atoms with Gasteiger partial charge in [-0.3, -0.25) is 0 Å². The summed E-state index contributed by atoms with van der Waals surface area (Å²) in [5.74, 6) is 0. The van der Waals surface area contributed by atoms with Crippen molar-refractivity contribution in [1.29, 1.82) is 0 Å². The average Bonchev–Trinajstić information content (AvgIpc) is 2.69. The van der Waals surface area contributed by atoms with Crippen LogP contribution in [0.5, 0.6) is 0 Å². The number of rotatable bonds is 8. The minimum Gasteiger partial charge on any atom is -0.373 e. The summed E-state index contributed by atoms with van der Waals surface area (Å²) in [6.45, 7) is 6.28. The van der Waals surface area contributed by atoms with E-state index in [2.05, 4.69) is 63.5 Å². The molecule has 0 bridgehead atoms. The van der Waals surface area contributed by atoms with Gasteiger partial charge in [-0.2, -0.15) is 0 Å². The van der Waals surface area contributed by atoms with Gasteiger partial charge in [-0.25, -0.2) is 8.93 Å². The van der Waals surface area contributed by atoms with E-state index >= 15 is 0 Å². The van der Waals surface area contributed by atoms with Gasteiger partial charge >= 0.3 is 0 Å². The van der Waals surface area contributed by atoms with Crippen LogP contribution in [0.2, 0.25) is 0 Å². The Morgan fingerprint density at radius 3 is 2.63 bits per heavy atom. The molecule has 1 fully saturated rings. The molecule has 0 saturated carbocycles. The van der Waals surface area contributed by atoms with E-state index in [4.69, 9.17) is 4.74 Å². The first-order chi connectivity index (χ1) is 13.1. The lowest BCUT2D eigenvalue weighted by molar-refractivity contribution is 0.0407. The number of nitrogens with one attached hydrogen (secondary N) is 2. The molecule has 1 saturated heterocycles. The van der Waals surface area contributed by atoms with Gasteiger partial charge in [-0.1, -0.05) is 42.5 Å². The van der Waals surface area contributed by atoms with Gasteiger partial charge < -0.3 is 15.0 Å². The summed E-state index contributed by atoms with van der Waals surface area (Å²) in [4.78, 5) is 2.39. The SMILES string of the molecule is CC(NS(C)=O)c1ccc(CNCC2CN(c3ccccc3)CCO2)cc1. The van der Waals surface area contributed by atoms with Crippen molar-refractivity contribution in [3.05, 3.63) is 65.7 Å². The molecule has 2 aromatic carbocycles. The normalized spacial score (nSPS) is 19.6. The second-order valence-corrected chi connectivity index (χ2v) is 8.08. The summed E-state index contributed by atoms with van der Waals surface area (Å²) in [5.41, 5.74) is 3.64. The van der Waals surface area contributed by atoms with Crippen LogP contribution in [0.3, 0.4) is 0 Å². The summed E-state index contributed by atoms with van der Waals surface area (Å²) in [5, 5.41) is 3.51. The number of para-hydroxylation sites is 1. The van der Waals surface area contributed by atoms with Gasteiger partial charge in [0.25, 0.3) is 0 Å². The summed E-state index contributed by atoms with van der Waals surface area (Å²) in [6.07, 6.45) is 1.85. The Kier molecular flexibility index (Phi) is 7.41. The number of anilines is 1. The first-order valence-corrected chi connectivity index (χ1v) is 11.0. The van der Waals surface area contributed by atoms with Crippen molar-refractivity contribution >= 4 is 16.7 Å². The van der Waals surface area contributed by atoms with Crippen molar-refractivity contribution in [3.8, 4) is 0 Å². The Hall–Kier alpha value is -1.73. The predicted octanol–water partition coefficient (Wildman–Crippen LogP) is 2.63. The van der Waals surface area contributed by atoms with E-state index in [1.807, 2.05) is 13.0 Å². The van der Waals surface area contributed by atoms with Crippen LogP contribution in [0.1, 0.15) is 24.1 Å². The molecule has 3 unspecified atom stereocenters. The summed E-state index contributed by atoms with van der Waals surface area (Å²) >= 11 is 0. The minimum atomic E-state index is -1.01. The Balaban J connectivity index is 1.44.